The third-order valence-electron chi connectivity index (χ3n) is 7.88. The Morgan fingerprint density at radius 3 is 2.47 bits per heavy atom. The van der Waals surface area contributed by atoms with E-state index in [1.807, 2.05) is 31.2 Å². The fraction of sp³-hybridized carbons (Fsp3) is 0.433. The molecule has 1 aliphatic heterocycles. The van der Waals surface area contributed by atoms with Gasteiger partial charge < -0.3 is 23.5 Å². The lowest BCUT2D eigenvalue weighted by Crippen LogP contribution is -2.49. The van der Waals surface area contributed by atoms with Crippen molar-refractivity contribution in [2.75, 3.05) is 27.9 Å². The summed E-state index contributed by atoms with van der Waals surface area (Å²) in [5, 5.41) is 0.948. The molecule has 6 nitrogen and oxygen atoms in total. The molecule has 2 heterocycles. The number of methoxy groups -OCH3 is 3. The summed E-state index contributed by atoms with van der Waals surface area (Å²) in [5.41, 5.74) is 4.39. The number of nitrogens with zero attached hydrogens (tertiary/aromatic N) is 1. The van der Waals surface area contributed by atoms with Crippen molar-refractivity contribution in [2.45, 2.75) is 51.5 Å². The average Bonchev–Trinajstić information content (AvgIpc) is 3.34. The van der Waals surface area contributed by atoms with Gasteiger partial charge in [-0.1, -0.05) is 18.9 Å². The second kappa shape index (κ2) is 10.3. The van der Waals surface area contributed by atoms with Crippen LogP contribution in [-0.2, 0) is 4.79 Å². The molecule has 0 N–H and O–H groups in total. The van der Waals surface area contributed by atoms with Gasteiger partial charge in [0.15, 0.2) is 11.5 Å². The number of likely N-dealkylation sites (tertiary alicyclic amines) is 1. The number of carbonyl (C=O) groups is 1. The summed E-state index contributed by atoms with van der Waals surface area (Å²) in [5.74, 6) is 2.78. The molecule has 1 amide bonds. The molecule has 3 aromatic rings. The van der Waals surface area contributed by atoms with E-state index >= 15 is 0 Å². The Morgan fingerprint density at radius 1 is 0.944 bits per heavy atom. The number of allylic oxidation sites excluding steroid dienone is 1. The van der Waals surface area contributed by atoms with Crippen LogP contribution in [0.1, 0.15) is 51.0 Å². The highest BCUT2D eigenvalue weighted by Gasteiger charge is 2.35. The first-order chi connectivity index (χ1) is 17.5. The van der Waals surface area contributed by atoms with E-state index in [1.165, 1.54) is 25.7 Å². The minimum atomic E-state index is 0.110. The molecular formula is C30H35NO5. The zero-order valence-corrected chi connectivity index (χ0v) is 21.6. The van der Waals surface area contributed by atoms with E-state index in [0.29, 0.717) is 29.2 Å². The third-order valence-corrected chi connectivity index (χ3v) is 7.88. The van der Waals surface area contributed by atoms with Gasteiger partial charge >= 0.3 is 0 Å². The van der Waals surface area contributed by atoms with Crippen molar-refractivity contribution >= 4 is 22.4 Å². The monoisotopic (exact) mass is 489 g/mol. The van der Waals surface area contributed by atoms with Crippen LogP contribution in [0.5, 0.6) is 17.2 Å². The highest BCUT2D eigenvalue weighted by atomic mass is 16.5. The van der Waals surface area contributed by atoms with Gasteiger partial charge in [-0.2, -0.15) is 0 Å². The average molecular weight is 490 g/mol. The van der Waals surface area contributed by atoms with E-state index in [-0.39, 0.29) is 5.91 Å². The Kier molecular flexibility index (Phi) is 6.95. The largest absolute Gasteiger partial charge is 0.496 e. The first-order valence-corrected chi connectivity index (χ1v) is 12.8. The summed E-state index contributed by atoms with van der Waals surface area (Å²) in [7, 11) is 4.90. The molecule has 1 saturated heterocycles. The summed E-state index contributed by atoms with van der Waals surface area (Å²) in [6.45, 7) is 2.84. The van der Waals surface area contributed by atoms with Crippen LogP contribution < -0.4 is 14.2 Å². The summed E-state index contributed by atoms with van der Waals surface area (Å²) < 4.78 is 22.5. The Labute approximate surface area is 212 Å². The third kappa shape index (κ3) is 4.45. The highest BCUT2D eigenvalue weighted by molar-refractivity contribution is 6.00. The second-order valence-corrected chi connectivity index (χ2v) is 9.88. The molecule has 1 saturated carbocycles. The van der Waals surface area contributed by atoms with Crippen LogP contribution in [-0.4, -0.2) is 44.7 Å². The molecular weight excluding hydrogens is 454 g/mol. The quantitative estimate of drug-likeness (QED) is 0.360. The molecule has 2 unspecified atom stereocenters. The van der Waals surface area contributed by atoms with Gasteiger partial charge in [-0.3, -0.25) is 4.79 Å². The number of rotatable bonds is 6. The van der Waals surface area contributed by atoms with Crippen molar-refractivity contribution in [3.8, 4) is 28.4 Å². The van der Waals surface area contributed by atoms with Crippen LogP contribution in [0.3, 0.4) is 0 Å². The molecule has 0 bridgehead atoms. The van der Waals surface area contributed by atoms with Gasteiger partial charge in [-0.05, 0) is 67.9 Å². The molecule has 190 valence electrons. The van der Waals surface area contributed by atoms with Crippen molar-refractivity contribution in [2.24, 2.45) is 5.92 Å². The SMILES string of the molecule is COc1ccc(-c2coc3cc(OC)c(/C(C)=C/C(=O)N4CCCC5CCCCC54)cc23)cc1OC. The number of furan rings is 1. The minimum Gasteiger partial charge on any atom is -0.496 e. The summed E-state index contributed by atoms with van der Waals surface area (Å²) >= 11 is 0. The number of hydrogen-bond donors (Lipinski definition) is 0. The normalized spacial score (nSPS) is 20.2. The van der Waals surface area contributed by atoms with E-state index in [1.54, 1.807) is 33.7 Å². The predicted octanol–water partition coefficient (Wildman–Crippen LogP) is 6.71. The topological polar surface area (TPSA) is 61.1 Å². The van der Waals surface area contributed by atoms with Gasteiger partial charge in [-0.25, -0.2) is 0 Å². The van der Waals surface area contributed by atoms with Gasteiger partial charge in [0.2, 0.25) is 5.91 Å². The zero-order valence-electron chi connectivity index (χ0n) is 21.6. The maximum atomic E-state index is 13.4. The molecule has 2 aromatic carbocycles. The Balaban J connectivity index is 1.50. The van der Waals surface area contributed by atoms with Gasteiger partial charge in [0.25, 0.3) is 0 Å². The summed E-state index contributed by atoms with van der Waals surface area (Å²) in [6, 6.07) is 10.2. The van der Waals surface area contributed by atoms with E-state index in [0.717, 1.165) is 52.6 Å². The van der Waals surface area contributed by atoms with Crippen molar-refractivity contribution in [3.05, 3.63) is 48.2 Å². The van der Waals surface area contributed by atoms with Gasteiger partial charge in [0, 0.05) is 41.2 Å². The summed E-state index contributed by atoms with van der Waals surface area (Å²) in [6.07, 6.45) is 10.8. The van der Waals surface area contributed by atoms with Crippen LogP contribution in [0.15, 0.2) is 47.1 Å². The van der Waals surface area contributed by atoms with Crippen LogP contribution in [0.4, 0.5) is 0 Å². The molecule has 2 fully saturated rings. The number of hydrogen-bond acceptors (Lipinski definition) is 5. The van der Waals surface area contributed by atoms with Crippen LogP contribution in [0.25, 0.3) is 27.7 Å². The minimum absolute atomic E-state index is 0.110. The molecule has 36 heavy (non-hydrogen) atoms. The molecule has 2 aliphatic rings. The Bertz CT molecular complexity index is 1290. The smallest absolute Gasteiger partial charge is 0.247 e. The predicted molar refractivity (Wildman–Crippen MR) is 142 cm³/mol. The number of ether oxygens (including phenoxy) is 3. The van der Waals surface area contributed by atoms with Crippen LogP contribution in [0.2, 0.25) is 0 Å². The van der Waals surface area contributed by atoms with E-state index in [2.05, 4.69) is 11.0 Å². The standard InChI is InChI=1S/C30H35NO5/c1-19(14-30(32)31-13-7-9-20-8-5-6-10-25(20)31)22-16-23-24(18-36-28(23)17-27(22)34-3)21-11-12-26(33-2)29(15-21)35-4/h11-12,14-18,20,25H,5-10,13H2,1-4H3/b19-14+. The number of benzene rings is 2. The molecule has 1 aliphatic carbocycles. The van der Waals surface area contributed by atoms with E-state index in [9.17, 15) is 4.79 Å². The number of fused-ring (bicyclic) bond motifs is 2. The van der Waals surface area contributed by atoms with E-state index < -0.39 is 0 Å². The van der Waals surface area contributed by atoms with Gasteiger partial charge in [-0.15, -0.1) is 0 Å². The van der Waals surface area contributed by atoms with Crippen LogP contribution >= 0.6 is 0 Å². The van der Waals surface area contributed by atoms with Crippen LogP contribution in [0, 0.1) is 5.92 Å². The zero-order chi connectivity index (χ0) is 25.2. The lowest BCUT2D eigenvalue weighted by atomic mass is 9.78. The van der Waals surface area contributed by atoms with Crippen molar-refractivity contribution in [1.82, 2.24) is 4.90 Å². The maximum Gasteiger partial charge on any atom is 0.247 e. The molecule has 2 atom stereocenters. The number of amides is 1. The fourth-order valence-electron chi connectivity index (χ4n) is 6.00. The highest BCUT2D eigenvalue weighted by Crippen LogP contribution is 2.40. The van der Waals surface area contributed by atoms with Gasteiger partial charge in [0.1, 0.15) is 11.3 Å². The molecule has 5 rings (SSSR count). The van der Waals surface area contributed by atoms with E-state index in [4.69, 9.17) is 18.6 Å². The molecule has 1 aromatic heterocycles. The first kappa shape index (κ1) is 24.3. The lowest BCUT2D eigenvalue weighted by molar-refractivity contribution is -0.132. The number of carbonyl (C=O) groups excluding carboxylic acids is 1. The molecule has 0 spiro atoms. The second-order valence-electron chi connectivity index (χ2n) is 9.88. The van der Waals surface area contributed by atoms with Crippen molar-refractivity contribution in [3.63, 3.8) is 0 Å². The maximum absolute atomic E-state index is 13.4. The number of piperidine rings is 1. The van der Waals surface area contributed by atoms with Crippen molar-refractivity contribution < 1.29 is 23.4 Å². The Morgan fingerprint density at radius 2 is 1.69 bits per heavy atom. The summed E-state index contributed by atoms with van der Waals surface area (Å²) in [4.78, 5) is 15.6. The molecule has 6 heteroatoms. The van der Waals surface area contributed by atoms with Crippen molar-refractivity contribution in [1.29, 1.82) is 0 Å². The molecule has 0 radical (unpaired) electrons. The fourth-order valence-corrected chi connectivity index (χ4v) is 6.00. The first-order valence-electron chi connectivity index (χ1n) is 12.8. The lowest BCUT2D eigenvalue weighted by Gasteiger charge is -2.43. The van der Waals surface area contributed by atoms with Gasteiger partial charge in [0.05, 0.1) is 27.6 Å². The Hall–Kier alpha value is -3.41.